The van der Waals surface area contributed by atoms with Crippen molar-refractivity contribution >= 4 is 11.9 Å². The lowest BCUT2D eigenvalue weighted by molar-refractivity contribution is 0.103. The lowest BCUT2D eigenvalue weighted by atomic mass is 10.0. The van der Waals surface area contributed by atoms with Crippen LogP contribution in [0.4, 0.5) is 4.79 Å². The first-order valence-electron chi connectivity index (χ1n) is 7.03. The molecule has 0 spiro atoms. The maximum absolute atomic E-state index is 12.6. The SMILES string of the molecule is COC(=O)Oc1cnccc1C(=O)c1ccc(C2CC2)cc1. The summed E-state index contributed by atoms with van der Waals surface area (Å²) in [6.07, 6.45) is 4.36. The minimum absolute atomic E-state index is 0.0885. The molecule has 112 valence electrons. The fraction of sp³-hybridized carbons (Fsp3) is 0.235. The second-order valence-electron chi connectivity index (χ2n) is 5.15. The molecule has 1 fully saturated rings. The number of hydrogen-bond acceptors (Lipinski definition) is 5. The Labute approximate surface area is 127 Å². The molecule has 0 amide bonds. The number of methoxy groups -OCH3 is 1. The van der Waals surface area contributed by atoms with Gasteiger partial charge in [0.1, 0.15) is 0 Å². The predicted octanol–water partition coefficient (Wildman–Crippen LogP) is 3.34. The molecule has 0 bridgehead atoms. The van der Waals surface area contributed by atoms with E-state index >= 15 is 0 Å². The second kappa shape index (κ2) is 5.97. The van der Waals surface area contributed by atoms with Crippen molar-refractivity contribution in [3.05, 3.63) is 59.4 Å². The van der Waals surface area contributed by atoms with Gasteiger partial charge in [0, 0.05) is 11.8 Å². The third-order valence-electron chi connectivity index (χ3n) is 3.61. The van der Waals surface area contributed by atoms with Crippen molar-refractivity contribution in [2.75, 3.05) is 7.11 Å². The van der Waals surface area contributed by atoms with Crippen LogP contribution in [0.15, 0.2) is 42.7 Å². The highest BCUT2D eigenvalue weighted by molar-refractivity contribution is 6.10. The fourth-order valence-electron chi connectivity index (χ4n) is 2.26. The molecule has 3 rings (SSSR count). The Kier molecular flexibility index (Phi) is 3.87. The third kappa shape index (κ3) is 2.98. The summed E-state index contributed by atoms with van der Waals surface area (Å²) in [4.78, 5) is 27.7. The van der Waals surface area contributed by atoms with Crippen LogP contribution in [0.25, 0.3) is 0 Å². The first-order chi connectivity index (χ1) is 10.7. The van der Waals surface area contributed by atoms with E-state index in [4.69, 9.17) is 4.74 Å². The molecule has 0 aliphatic heterocycles. The van der Waals surface area contributed by atoms with Crippen molar-refractivity contribution in [1.29, 1.82) is 0 Å². The van der Waals surface area contributed by atoms with Crippen molar-refractivity contribution in [3.63, 3.8) is 0 Å². The van der Waals surface area contributed by atoms with E-state index in [0.29, 0.717) is 11.5 Å². The standard InChI is InChI=1S/C17H15NO4/c1-21-17(20)22-15-10-18-9-8-14(15)16(19)13-6-4-12(5-7-13)11-2-3-11/h4-11H,2-3H2,1H3. The molecule has 1 aliphatic rings. The van der Waals surface area contributed by atoms with Crippen LogP contribution < -0.4 is 4.74 Å². The molecule has 0 N–H and O–H groups in total. The topological polar surface area (TPSA) is 65.5 Å². The molecule has 22 heavy (non-hydrogen) atoms. The van der Waals surface area contributed by atoms with Gasteiger partial charge in [-0.05, 0) is 30.4 Å². The van der Waals surface area contributed by atoms with Crippen LogP contribution in [-0.2, 0) is 4.74 Å². The van der Waals surface area contributed by atoms with Crippen molar-refractivity contribution in [1.82, 2.24) is 4.98 Å². The van der Waals surface area contributed by atoms with Gasteiger partial charge in [0.25, 0.3) is 0 Å². The van der Waals surface area contributed by atoms with Crippen molar-refractivity contribution in [3.8, 4) is 5.75 Å². The summed E-state index contributed by atoms with van der Waals surface area (Å²) in [5.41, 5.74) is 2.09. The summed E-state index contributed by atoms with van der Waals surface area (Å²) < 4.78 is 9.41. The zero-order chi connectivity index (χ0) is 15.5. The summed E-state index contributed by atoms with van der Waals surface area (Å²) in [6, 6.07) is 9.09. The quantitative estimate of drug-likeness (QED) is 0.639. The average Bonchev–Trinajstić information content (AvgIpc) is 3.40. The first kappa shape index (κ1) is 14.3. The monoisotopic (exact) mass is 297 g/mol. The number of ether oxygens (including phenoxy) is 2. The number of nitrogens with zero attached hydrogens (tertiary/aromatic N) is 1. The number of carbonyl (C=O) groups is 2. The van der Waals surface area contributed by atoms with Crippen molar-refractivity contribution in [2.24, 2.45) is 0 Å². The summed E-state index contributed by atoms with van der Waals surface area (Å²) in [7, 11) is 1.21. The molecule has 5 nitrogen and oxygen atoms in total. The molecule has 1 aromatic heterocycles. The Bertz CT molecular complexity index is 705. The molecule has 1 aromatic carbocycles. The van der Waals surface area contributed by atoms with Gasteiger partial charge in [-0.25, -0.2) is 4.79 Å². The molecule has 2 aromatic rings. The van der Waals surface area contributed by atoms with E-state index in [1.165, 1.54) is 44.0 Å². The highest BCUT2D eigenvalue weighted by atomic mass is 16.7. The van der Waals surface area contributed by atoms with Gasteiger partial charge in [-0.15, -0.1) is 0 Å². The zero-order valence-corrected chi connectivity index (χ0v) is 12.1. The normalized spacial score (nSPS) is 13.5. The molecule has 0 radical (unpaired) electrons. The van der Waals surface area contributed by atoms with E-state index in [2.05, 4.69) is 9.72 Å². The van der Waals surface area contributed by atoms with E-state index in [-0.39, 0.29) is 17.1 Å². The van der Waals surface area contributed by atoms with Gasteiger partial charge in [-0.1, -0.05) is 24.3 Å². The van der Waals surface area contributed by atoms with Crippen LogP contribution in [0.2, 0.25) is 0 Å². The molecular weight excluding hydrogens is 282 g/mol. The van der Waals surface area contributed by atoms with Gasteiger partial charge in [-0.2, -0.15) is 0 Å². The molecule has 0 saturated heterocycles. The van der Waals surface area contributed by atoms with E-state index in [9.17, 15) is 9.59 Å². The molecule has 0 atom stereocenters. The van der Waals surface area contributed by atoms with E-state index in [1.54, 1.807) is 12.1 Å². The number of hydrogen-bond donors (Lipinski definition) is 0. The Morgan fingerprint density at radius 1 is 1.14 bits per heavy atom. The lowest BCUT2D eigenvalue weighted by Gasteiger charge is -2.08. The van der Waals surface area contributed by atoms with E-state index in [1.807, 2.05) is 12.1 Å². The number of ketones is 1. The summed E-state index contributed by atoms with van der Waals surface area (Å²) >= 11 is 0. The van der Waals surface area contributed by atoms with Gasteiger partial charge in [-0.3, -0.25) is 9.78 Å². The zero-order valence-electron chi connectivity index (χ0n) is 12.1. The summed E-state index contributed by atoms with van der Waals surface area (Å²) in [5, 5.41) is 0. The molecular formula is C17H15NO4. The molecule has 1 aliphatic carbocycles. The minimum atomic E-state index is -0.883. The molecule has 1 heterocycles. The average molecular weight is 297 g/mol. The predicted molar refractivity (Wildman–Crippen MR) is 79.1 cm³/mol. The number of benzene rings is 1. The van der Waals surface area contributed by atoms with Gasteiger partial charge < -0.3 is 9.47 Å². The van der Waals surface area contributed by atoms with Crippen molar-refractivity contribution < 1.29 is 19.1 Å². The molecule has 1 saturated carbocycles. The Hall–Kier alpha value is -2.69. The number of rotatable bonds is 4. The highest BCUT2D eigenvalue weighted by Crippen LogP contribution is 2.40. The first-order valence-corrected chi connectivity index (χ1v) is 7.03. The van der Waals surface area contributed by atoms with E-state index < -0.39 is 6.16 Å². The lowest BCUT2D eigenvalue weighted by Crippen LogP contribution is -2.12. The van der Waals surface area contributed by atoms with Crippen LogP contribution in [0, 0.1) is 0 Å². The van der Waals surface area contributed by atoms with Gasteiger partial charge in [0.2, 0.25) is 0 Å². The minimum Gasteiger partial charge on any atom is -0.437 e. The molecule has 0 unspecified atom stereocenters. The van der Waals surface area contributed by atoms with Crippen LogP contribution >= 0.6 is 0 Å². The van der Waals surface area contributed by atoms with Gasteiger partial charge in [0.05, 0.1) is 18.9 Å². The number of aromatic nitrogens is 1. The Balaban J connectivity index is 1.86. The number of carbonyl (C=O) groups excluding carboxylic acids is 2. The highest BCUT2D eigenvalue weighted by Gasteiger charge is 2.24. The van der Waals surface area contributed by atoms with Crippen LogP contribution in [0.1, 0.15) is 40.2 Å². The number of pyridine rings is 1. The van der Waals surface area contributed by atoms with Crippen molar-refractivity contribution in [2.45, 2.75) is 18.8 Å². The van der Waals surface area contributed by atoms with Crippen LogP contribution in [0.5, 0.6) is 5.75 Å². The third-order valence-corrected chi connectivity index (χ3v) is 3.61. The fourth-order valence-corrected chi connectivity index (χ4v) is 2.26. The maximum atomic E-state index is 12.6. The van der Waals surface area contributed by atoms with Gasteiger partial charge >= 0.3 is 6.16 Å². The van der Waals surface area contributed by atoms with E-state index in [0.717, 1.165) is 0 Å². The largest absolute Gasteiger partial charge is 0.513 e. The maximum Gasteiger partial charge on any atom is 0.513 e. The Morgan fingerprint density at radius 3 is 2.50 bits per heavy atom. The summed E-state index contributed by atoms with van der Waals surface area (Å²) in [6.45, 7) is 0. The van der Waals surface area contributed by atoms with Crippen LogP contribution in [0.3, 0.4) is 0 Å². The smallest absolute Gasteiger partial charge is 0.437 e. The second-order valence-corrected chi connectivity index (χ2v) is 5.15. The molecule has 5 heteroatoms. The van der Waals surface area contributed by atoms with Gasteiger partial charge in [0.15, 0.2) is 11.5 Å². The van der Waals surface area contributed by atoms with Crippen LogP contribution in [-0.4, -0.2) is 24.0 Å². The Morgan fingerprint density at radius 2 is 1.86 bits per heavy atom. The summed E-state index contributed by atoms with van der Waals surface area (Å²) in [5.74, 6) is 0.512.